The summed E-state index contributed by atoms with van der Waals surface area (Å²) in [5.74, 6) is 1.85. The van der Waals surface area contributed by atoms with Crippen molar-refractivity contribution in [2.24, 2.45) is 4.99 Å². The van der Waals surface area contributed by atoms with Crippen molar-refractivity contribution in [1.29, 1.82) is 0 Å². The molecule has 2 aromatic rings. The minimum atomic E-state index is 0. The second kappa shape index (κ2) is 10.1. The number of benzene rings is 1. The molecule has 0 fully saturated rings. The van der Waals surface area contributed by atoms with E-state index in [0.717, 1.165) is 48.3 Å². The second-order valence-corrected chi connectivity index (χ2v) is 7.48. The summed E-state index contributed by atoms with van der Waals surface area (Å²) in [4.78, 5) is 10.5. The molecule has 0 aliphatic carbocycles. The zero-order chi connectivity index (χ0) is 17.6. The Balaban J connectivity index is 0.00000243. The van der Waals surface area contributed by atoms with Crippen LogP contribution in [0.3, 0.4) is 0 Å². The topological polar surface area (TPSA) is 58.5 Å². The second-order valence-electron chi connectivity index (χ2n) is 6.19. The number of hydrogen-bond acceptors (Lipinski definition) is 4. The van der Waals surface area contributed by atoms with Gasteiger partial charge in [-0.3, -0.25) is 0 Å². The Morgan fingerprint density at radius 1 is 1.31 bits per heavy atom. The molecular weight excluding hydrogens is 459 g/mol. The normalized spacial score (nSPS) is 15.8. The first kappa shape index (κ1) is 21.0. The highest BCUT2D eigenvalue weighted by atomic mass is 127. The summed E-state index contributed by atoms with van der Waals surface area (Å²) < 4.78 is 5.96. The van der Waals surface area contributed by atoms with Gasteiger partial charge in [0.15, 0.2) is 5.96 Å². The van der Waals surface area contributed by atoms with Gasteiger partial charge in [0.25, 0.3) is 0 Å². The van der Waals surface area contributed by atoms with Crippen molar-refractivity contribution in [1.82, 2.24) is 15.6 Å². The predicted octanol–water partition coefficient (Wildman–Crippen LogP) is 3.48. The molecule has 0 saturated carbocycles. The predicted molar refractivity (Wildman–Crippen MR) is 119 cm³/mol. The van der Waals surface area contributed by atoms with Crippen molar-refractivity contribution < 1.29 is 4.74 Å². The van der Waals surface area contributed by atoms with Gasteiger partial charge < -0.3 is 15.4 Å². The molecule has 0 saturated heterocycles. The summed E-state index contributed by atoms with van der Waals surface area (Å²) in [6, 6.07) is 8.23. The summed E-state index contributed by atoms with van der Waals surface area (Å²) >= 11 is 1.77. The van der Waals surface area contributed by atoms with Crippen LogP contribution >= 0.6 is 35.3 Å². The summed E-state index contributed by atoms with van der Waals surface area (Å²) in [5.41, 5.74) is 2.42. The molecule has 1 aliphatic rings. The van der Waals surface area contributed by atoms with Crippen molar-refractivity contribution in [3.63, 3.8) is 0 Å². The van der Waals surface area contributed by atoms with E-state index in [4.69, 9.17) is 9.73 Å². The average Bonchev–Trinajstić information content (AvgIpc) is 3.15. The molecule has 26 heavy (non-hydrogen) atoms. The molecule has 1 atom stereocenters. The largest absolute Gasteiger partial charge is 0.488 e. The Kier molecular flexibility index (Phi) is 8.15. The number of ether oxygens (including phenoxy) is 1. The maximum absolute atomic E-state index is 5.96. The summed E-state index contributed by atoms with van der Waals surface area (Å²) in [5, 5.41) is 7.85. The minimum Gasteiger partial charge on any atom is -0.488 e. The maximum atomic E-state index is 5.96. The Bertz CT molecular complexity index is 722. The van der Waals surface area contributed by atoms with Crippen LogP contribution < -0.4 is 15.4 Å². The van der Waals surface area contributed by atoms with Crippen molar-refractivity contribution in [3.05, 3.63) is 45.4 Å². The number of fused-ring (bicyclic) bond motifs is 1. The van der Waals surface area contributed by atoms with Gasteiger partial charge in [-0.25, -0.2) is 9.98 Å². The summed E-state index contributed by atoms with van der Waals surface area (Å²) in [6.07, 6.45) is 2.02. The number of hydrogen-bond donors (Lipinski definition) is 2. The van der Waals surface area contributed by atoms with E-state index >= 15 is 0 Å². The monoisotopic (exact) mass is 486 g/mol. The molecule has 1 aromatic heterocycles. The van der Waals surface area contributed by atoms with E-state index in [9.17, 15) is 0 Å². The minimum absolute atomic E-state index is 0. The van der Waals surface area contributed by atoms with Crippen LogP contribution in [0.1, 0.15) is 28.1 Å². The van der Waals surface area contributed by atoms with Crippen LogP contribution in [0.25, 0.3) is 0 Å². The Morgan fingerprint density at radius 3 is 2.81 bits per heavy atom. The van der Waals surface area contributed by atoms with Gasteiger partial charge in [-0.05, 0) is 32.4 Å². The average molecular weight is 486 g/mol. The number of halogens is 1. The summed E-state index contributed by atoms with van der Waals surface area (Å²) in [7, 11) is 0. The van der Waals surface area contributed by atoms with Crippen molar-refractivity contribution >= 4 is 41.3 Å². The molecule has 1 aromatic carbocycles. The van der Waals surface area contributed by atoms with Gasteiger partial charge in [0.2, 0.25) is 0 Å². The first-order valence-corrected chi connectivity index (χ1v) is 9.67. The summed E-state index contributed by atoms with van der Waals surface area (Å²) in [6.45, 7) is 8.56. The number of nitrogens with one attached hydrogen (secondary N) is 2. The van der Waals surface area contributed by atoms with Crippen LogP contribution in [0.15, 0.2) is 29.3 Å². The molecule has 1 aliphatic heterocycles. The van der Waals surface area contributed by atoms with E-state index in [1.165, 1.54) is 10.4 Å². The zero-order valence-electron chi connectivity index (χ0n) is 15.5. The number of aliphatic imine (C=N–C) groups is 1. The van der Waals surface area contributed by atoms with Gasteiger partial charge in [0.05, 0.1) is 17.2 Å². The van der Waals surface area contributed by atoms with Crippen LogP contribution in [0.4, 0.5) is 0 Å². The molecule has 0 radical (unpaired) electrons. The third-order valence-electron chi connectivity index (χ3n) is 4.16. The molecule has 3 rings (SSSR count). The number of nitrogens with zero attached hydrogens (tertiary/aromatic N) is 2. The van der Waals surface area contributed by atoms with Crippen LogP contribution in [-0.4, -0.2) is 36.7 Å². The number of guanidine groups is 1. The fourth-order valence-electron chi connectivity index (χ4n) is 2.99. The quantitative estimate of drug-likeness (QED) is 0.373. The lowest BCUT2D eigenvalue weighted by Crippen LogP contribution is -2.39. The molecule has 142 valence electrons. The molecule has 0 spiro atoms. The standard InChI is InChI=1S/C19H26N4OS.HI/c1-4-20-19(21-10-9-18-13(2)23-14(3)25-18)22-12-16-11-15-7-5-6-8-17(15)24-16;/h5-8,16H,4,9-12H2,1-3H3,(H2,20,21,22);1H. The highest BCUT2D eigenvalue weighted by molar-refractivity contribution is 14.0. The van der Waals surface area contributed by atoms with Crippen molar-refractivity contribution in [2.45, 2.75) is 39.7 Å². The third-order valence-corrected chi connectivity index (χ3v) is 5.29. The van der Waals surface area contributed by atoms with Crippen molar-refractivity contribution in [3.8, 4) is 5.75 Å². The highest BCUT2D eigenvalue weighted by Gasteiger charge is 2.21. The first-order chi connectivity index (χ1) is 12.2. The van der Waals surface area contributed by atoms with Gasteiger partial charge in [0, 0.05) is 30.8 Å². The number of aromatic nitrogens is 1. The molecule has 2 N–H and O–H groups in total. The SMILES string of the molecule is CCNC(=NCC1Cc2ccccc2O1)NCCc1sc(C)nc1C.I. The Labute approximate surface area is 176 Å². The molecule has 1 unspecified atom stereocenters. The fourth-order valence-corrected chi connectivity index (χ4v) is 3.93. The third kappa shape index (κ3) is 5.57. The van der Waals surface area contributed by atoms with Gasteiger partial charge >= 0.3 is 0 Å². The van der Waals surface area contributed by atoms with E-state index in [1.807, 2.05) is 12.1 Å². The van der Waals surface area contributed by atoms with Gasteiger partial charge in [-0.2, -0.15) is 0 Å². The van der Waals surface area contributed by atoms with Crippen LogP contribution in [-0.2, 0) is 12.8 Å². The van der Waals surface area contributed by atoms with Crippen LogP contribution in [0, 0.1) is 13.8 Å². The molecule has 0 amide bonds. The maximum Gasteiger partial charge on any atom is 0.191 e. The Hall–Kier alpha value is -1.35. The van der Waals surface area contributed by atoms with E-state index in [-0.39, 0.29) is 30.1 Å². The van der Waals surface area contributed by atoms with E-state index in [1.54, 1.807) is 11.3 Å². The number of thiazole rings is 1. The molecule has 5 nitrogen and oxygen atoms in total. The fraction of sp³-hybridized carbons (Fsp3) is 0.474. The first-order valence-electron chi connectivity index (χ1n) is 8.85. The number of rotatable bonds is 6. The lowest BCUT2D eigenvalue weighted by molar-refractivity contribution is 0.241. The van der Waals surface area contributed by atoms with Crippen LogP contribution in [0.5, 0.6) is 5.75 Å². The zero-order valence-corrected chi connectivity index (χ0v) is 18.7. The smallest absolute Gasteiger partial charge is 0.191 e. The molecule has 7 heteroatoms. The van der Waals surface area contributed by atoms with Gasteiger partial charge in [-0.1, -0.05) is 18.2 Å². The number of aryl methyl sites for hydroxylation is 2. The van der Waals surface area contributed by atoms with E-state index < -0.39 is 0 Å². The Morgan fingerprint density at radius 2 is 2.12 bits per heavy atom. The van der Waals surface area contributed by atoms with Gasteiger partial charge in [-0.15, -0.1) is 35.3 Å². The lowest BCUT2D eigenvalue weighted by atomic mass is 10.1. The molecular formula is C19H27IN4OS. The highest BCUT2D eigenvalue weighted by Crippen LogP contribution is 2.28. The van der Waals surface area contributed by atoms with Gasteiger partial charge in [0.1, 0.15) is 11.9 Å². The molecule has 0 bridgehead atoms. The van der Waals surface area contributed by atoms with Crippen molar-refractivity contribution in [2.75, 3.05) is 19.6 Å². The van der Waals surface area contributed by atoms with E-state index in [2.05, 4.69) is 48.5 Å². The molecule has 2 heterocycles. The van der Waals surface area contributed by atoms with E-state index in [0.29, 0.717) is 6.54 Å². The number of para-hydroxylation sites is 1. The van der Waals surface area contributed by atoms with Crippen LogP contribution in [0.2, 0.25) is 0 Å². The lowest BCUT2D eigenvalue weighted by Gasteiger charge is -2.13.